The molecule has 19 heavy (non-hydrogen) atoms. The minimum atomic E-state index is 0.142. The molecule has 1 aromatic heterocycles. The number of nitrogens with zero attached hydrogens (tertiary/aromatic N) is 2. The van der Waals surface area contributed by atoms with Crippen molar-refractivity contribution in [3.63, 3.8) is 0 Å². The van der Waals surface area contributed by atoms with Crippen molar-refractivity contribution in [1.29, 1.82) is 0 Å². The molecule has 0 unspecified atom stereocenters. The van der Waals surface area contributed by atoms with Crippen LogP contribution in [0.25, 0.3) is 0 Å². The molecule has 0 spiro atoms. The number of nitrogens with one attached hydrogen (secondary N) is 1. The Bertz CT molecular complexity index is 479. The predicted molar refractivity (Wildman–Crippen MR) is 77.3 cm³/mol. The highest BCUT2D eigenvalue weighted by molar-refractivity contribution is 7.99. The standard InChI is InChI=1S/C14H21N3OS/c1-9-15-12-4-3-10(7-13(12)16-9)14(18)17(2)11-5-6-19-8-11/h10-11H,3-8H2,1-2H3,(H,15,16)/t10-,11-/m0/s1. The van der Waals surface area contributed by atoms with Gasteiger partial charge in [0.2, 0.25) is 5.91 Å². The van der Waals surface area contributed by atoms with E-state index < -0.39 is 0 Å². The van der Waals surface area contributed by atoms with Crippen molar-refractivity contribution in [2.24, 2.45) is 5.92 Å². The van der Waals surface area contributed by atoms with Gasteiger partial charge in [0.05, 0.1) is 5.69 Å². The fourth-order valence-electron chi connectivity index (χ4n) is 3.13. The Labute approximate surface area is 118 Å². The number of hydrogen-bond donors (Lipinski definition) is 1. The van der Waals surface area contributed by atoms with E-state index in [0.717, 1.165) is 37.3 Å². The number of rotatable bonds is 2. The number of fused-ring (bicyclic) bond motifs is 1. The first kappa shape index (κ1) is 13.0. The van der Waals surface area contributed by atoms with E-state index in [0.29, 0.717) is 11.9 Å². The second-order valence-corrected chi connectivity index (χ2v) is 6.80. The van der Waals surface area contributed by atoms with Crippen LogP contribution in [0.15, 0.2) is 0 Å². The van der Waals surface area contributed by atoms with Gasteiger partial charge in [-0.25, -0.2) is 4.98 Å². The van der Waals surface area contributed by atoms with Crippen LogP contribution in [-0.4, -0.2) is 45.4 Å². The van der Waals surface area contributed by atoms with Gasteiger partial charge in [0.1, 0.15) is 5.82 Å². The van der Waals surface area contributed by atoms with Crippen LogP contribution in [0.5, 0.6) is 0 Å². The summed E-state index contributed by atoms with van der Waals surface area (Å²) in [7, 11) is 1.98. The summed E-state index contributed by atoms with van der Waals surface area (Å²) < 4.78 is 0. The van der Waals surface area contributed by atoms with E-state index in [4.69, 9.17) is 0 Å². The van der Waals surface area contributed by atoms with Gasteiger partial charge >= 0.3 is 0 Å². The fourth-order valence-corrected chi connectivity index (χ4v) is 4.40. The molecule has 0 saturated carbocycles. The van der Waals surface area contributed by atoms with Crippen molar-refractivity contribution in [2.75, 3.05) is 18.6 Å². The quantitative estimate of drug-likeness (QED) is 0.898. The average molecular weight is 279 g/mol. The molecule has 2 aliphatic rings. The number of H-pyrrole nitrogens is 1. The number of thioether (sulfide) groups is 1. The van der Waals surface area contributed by atoms with Crippen LogP contribution < -0.4 is 0 Å². The Kier molecular flexibility index (Phi) is 3.56. The second kappa shape index (κ2) is 5.19. The third-order valence-corrected chi connectivity index (χ3v) is 5.46. The molecule has 0 aromatic carbocycles. The lowest BCUT2D eigenvalue weighted by molar-refractivity contribution is -0.136. The van der Waals surface area contributed by atoms with Crippen LogP contribution in [0.2, 0.25) is 0 Å². The fraction of sp³-hybridized carbons (Fsp3) is 0.714. The average Bonchev–Trinajstić information content (AvgIpc) is 3.03. The van der Waals surface area contributed by atoms with Crippen molar-refractivity contribution < 1.29 is 4.79 Å². The van der Waals surface area contributed by atoms with Gasteiger partial charge < -0.3 is 9.88 Å². The Morgan fingerprint density at radius 1 is 1.47 bits per heavy atom. The molecule has 1 amide bonds. The highest BCUT2D eigenvalue weighted by atomic mass is 32.2. The van der Waals surface area contributed by atoms with Gasteiger partial charge in [-0.15, -0.1) is 0 Å². The minimum absolute atomic E-state index is 0.142. The summed E-state index contributed by atoms with van der Waals surface area (Å²) in [6.07, 6.45) is 3.86. The maximum Gasteiger partial charge on any atom is 0.226 e. The highest BCUT2D eigenvalue weighted by Gasteiger charge is 2.32. The smallest absolute Gasteiger partial charge is 0.226 e. The molecule has 5 heteroatoms. The monoisotopic (exact) mass is 279 g/mol. The molecule has 1 aromatic rings. The van der Waals surface area contributed by atoms with Crippen LogP contribution in [0.1, 0.15) is 30.1 Å². The van der Waals surface area contributed by atoms with E-state index in [2.05, 4.69) is 9.97 Å². The summed E-state index contributed by atoms with van der Waals surface area (Å²) in [5.41, 5.74) is 2.34. The first-order valence-electron chi connectivity index (χ1n) is 7.04. The molecule has 1 saturated heterocycles. The molecule has 4 nitrogen and oxygen atoms in total. The maximum absolute atomic E-state index is 12.6. The molecular weight excluding hydrogens is 258 g/mol. The van der Waals surface area contributed by atoms with Crippen molar-refractivity contribution in [1.82, 2.24) is 14.9 Å². The Hall–Kier alpha value is -0.970. The first-order valence-corrected chi connectivity index (χ1v) is 8.19. The van der Waals surface area contributed by atoms with E-state index in [1.165, 1.54) is 17.1 Å². The third-order valence-electron chi connectivity index (χ3n) is 4.31. The first-order chi connectivity index (χ1) is 9.15. The van der Waals surface area contributed by atoms with Crippen molar-refractivity contribution >= 4 is 17.7 Å². The number of carbonyl (C=O) groups is 1. The lowest BCUT2D eigenvalue weighted by Crippen LogP contribution is -2.42. The normalized spacial score (nSPS) is 26.2. The SMILES string of the molecule is Cc1nc2c([nH]1)C[C@@H](C(=O)N(C)[C@H]1CCSC1)CC2. The molecule has 1 aliphatic carbocycles. The van der Waals surface area contributed by atoms with Crippen LogP contribution >= 0.6 is 11.8 Å². The summed E-state index contributed by atoms with van der Waals surface area (Å²) in [6, 6.07) is 0.447. The summed E-state index contributed by atoms with van der Waals surface area (Å²) in [6.45, 7) is 1.98. The minimum Gasteiger partial charge on any atom is -0.346 e. The molecule has 0 bridgehead atoms. The molecular formula is C14H21N3OS. The van der Waals surface area contributed by atoms with Crippen molar-refractivity contribution in [3.8, 4) is 0 Å². The third kappa shape index (κ3) is 2.53. The van der Waals surface area contributed by atoms with Crippen molar-refractivity contribution in [2.45, 2.75) is 38.6 Å². The molecule has 1 fully saturated rings. The summed E-state index contributed by atoms with van der Waals surface area (Å²) in [5, 5.41) is 0. The lowest BCUT2D eigenvalue weighted by Gasteiger charge is -2.30. The molecule has 2 atom stereocenters. The number of aryl methyl sites for hydroxylation is 2. The van der Waals surface area contributed by atoms with Gasteiger partial charge in [0.25, 0.3) is 0 Å². The van der Waals surface area contributed by atoms with E-state index in [1.807, 2.05) is 30.6 Å². The zero-order valence-corrected chi connectivity index (χ0v) is 12.4. The van der Waals surface area contributed by atoms with Crippen LogP contribution in [0.4, 0.5) is 0 Å². The largest absolute Gasteiger partial charge is 0.346 e. The molecule has 1 aliphatic heterocycles. The topological polar surface area (TPSA) is 49.0 Å². The zero-order valence-electron chi connectivity index (χ0n) is 11.6. The predicted octanol–water partition coefficient (Wildman–Crippen LogP) is 1.79. The van der Waals surface area contributed by atoms with Gasteiger partial charge in [0, 0.05) is 36.9 Å². The van der Waals surface area contributed by atoms with Gasteiger partial charge in [-0.05, 0) is 31.9 Å². The zero-order chi connectivity index (χ0) is 13.4. The number of carbonyl (C=O) groups excluding carboxylic acids is 1. The molecule has 2 heterocycles. The Morgan fingerprint density at radius 3 is 3.05 bits per heavy atom. The number of aromatic amines is 1. The molecule has 104 valence electrons. The van der Waals surface area contributed by atoms with Gasteiger partial charge in [0.15, 0.2) is 0 Å². The highest BCUT2D eigenvalue weighted by Crippen LogP contribution is 2.28. The number of amides is 1. The molecule has 1 N–H and O–H groups in total. The van der Waals surface area contributed by atoms with E-state index in [1.54, 1.807) is 0 Å². The second-order valence-electron chi connectivity index (χ2n) is 5.65. The number of aromatic nitrogens is 2. The van der Waals surface area contributed by atoms with Crippen LogP contribution in [0.3, 0.4) is 0 Å². The van der Waals surface area contributed by atoms with Crippen molar-refractivity contribution in [3.05, 3.63) is 17.2 Å². The van der Waals surface area contributed by atoms with Gasteiger partial charge in [-0.2, -0.15) is 11.8 Å². The Balaban J connectivity index is 1.68. The summed E-state index contributed by atoms with van der Waals surface area (Å²) in [4.78, 5) is 22.4. The molecule has 0 radical (unpaired) electrons. The van der Waals surface area contributed by atoms with Gasteiger partial charge in [-0.3, -0.25) is 4.79 Å². The van der Waals surface area contributed by atoms with E-state index >= 15 is 0 Å². The van der Waals surface area contributed by atoms with Crippen LogP contribution in [0, 0.1) is 12.8 Å². The Morgan fingerprint density at radius 2 is 2.32 bits per heavy atom. The summed E-state index contributed by atoms with van der Waals surface area (Å²) >= 11 is 1.96. The summed E-state index contributed by atoms with van der Waals surface area (Å²) in [5.74, 6) is 3.73. The van der Waals surface area contributed by atoms with Crippen LogP contribution in [-0.2, 0) is 17.6 Å². The number of imidazole rings is 1. The number of hydrogen-bond acceptors (Lipinski definition) is 3. The lowest BCUT2D eigenvalue weighted by atomic mass is 9.88. The van der Waals surface area contributed by atoms with E-state index in [9.17, 15) is 4.79 Å². The van der Waals surface area contributed by atoms with Gasteiger partial charge in [-0.1, -0.05) is 0 Å². The maximum atomic E-state index is 12.6. The molecule has 3 rings (SSSR count). The van der Waals surface area contributed by atoms with E-state index in [-0.39, 0.29) is 5.92 Å².